The lowest BCUT2D eigenvalue weighted by atomic mass is 10.1. The monoisotopic (exact) mass is 225 g/mol. The summed E-state index contributed by atoms with van der Waals surface area (Å²) in [6, 6.07) is 4.60. The Morgan fingerprint density at radius 3 is 2.44 bits per heavy atom. The zero-order valence-corrected chi connectivity index (χ0v) is 9.63. The van der Waals surface area contributed by atoms with Crippen LogP contribution in [0.1, 0.15) is 38.3 Å². The second kappa shape index (κ2) is 4.50. The fourth-order valence-corrected chi connectivity index (χ4v) is 2.00. The molecule has 0 saturated heterocycles. The number of rotatable bonds is 4. The first-order valence-electron chi connectivity index (χ1n) is 5.79. The topological polar surface area (TPSA) is 12.0 Å². The Bertz CT molecular complexity index is 374. The highest BCUT2D eigenvalue weighted by atomic mass is 19.2. The van der Waals surface area contributed by atoms with Gasteiger partial charge in [0, 0.05) is 12.1 Å². The number of hydrogen-bond donors (Lipinski definition) is 1. The van der Waals surface area contributed by atoms with Crippen LogP contribution in [-0.2, 0) is 0 Å². The smallest absolute Gasteiger partial charge is 0.159 e. The Labute approximate surface area is 94.9 Å². The van der Waals surface area contributed by atoms with E-state index in [2.05, 4.69) is 12.2 Å². The third-order valence-electron chi connectivity index (χ3n) is 3.29. The molecule has 2 atom stereocenters. The summed E-state index contributed by atoms with van der Waals surface area (Å²) in [6.45, 7) is 4.12. The highest BCUT2D eigenvalue weighted by molar-refractivity contribution is 5.21. The highest BCUT2D eigenvalue weighted by Gasteiger charge is 2.28. The molecule has 0 heterocycles. The molecule has 0 amide bonds. The molecule has 1 aromatic rings. The number of benzene rings is 1. The van der Waals surface area contributed by atoms with Gasteiger partial charge in [-0.3, -0.25) is 0 Å². The van der Waals surface area contributed by atoms with E-state index in [0.717, 1.165) is 11.5 Å². The van der Waals surface area contributed by atoms with E-state index in [1.165, 1.54) is 25.0 Å². The first-order chi connectivity index (χ1) is 7.58. The minimum Gasteiger partial charge on any atom is -0.307 e. The van der Waals surface area contributed by atoms with Gasteiger partial charge in [0.15, 0.2) is 11.6 Å². The third kappa shape index (κ3) is 2.59. The number of halogens is 2. The van der Waals surface area contributed by atoms with E-state index < -0.39 is 11.6 Å². The van der Waals surface area contributed by atoms with Crippen molar-refractivity contribution in [1.29, 1.82) is 0 Å². The molecule has 2 rings (SSSR count). The molecule has 1 aliphatic rings. The van der Waals surface area contributed by atoms with Crippen LogP contribution in [-0.4, -0.2) is 6.04 Å². The SMILES string of the molecule is CC(NC(C)C1CC1)c1ccc(F)c(F)c1. The average molecular weight is 225 g/mol. The Balaban J connectivity index is 2.01. The van der Waals surface area contributed by atoms with Gasteiger partial charge in [0.05, 0.1) is 0 Å². The van der Waals surface area contributed by atoms with Crippen molar-refractivity contribution in [2.75, 3.05) is 0 Å². The number of nitrogens with one attached hydrogen (secondary N) is 1. The normalized spacial score (nSPS) is 19.5. The van der Waals surface area contributed by atoms with Crippen LogP contribution in [0.3, 0.4) is 0 Å². The van der Waals surface area contributed by atoms with Crippen LogP contribution in [0, 0.1) is 17.6 Å². The maximum Gasteiger partial charge on any atom is 0.159 e. The standard InChI is InChI=1S/C13H17F2N/c1-8(10-3-4-10)16-9(2)11-5-6-12(14)13(15)7-11/h5-10,16H,3-4H2,1-2H3. The first-order valence-corrected chi connectivity index (χ1v) is 5.79. The molecule has 1 aromatic carbocycles. The summed E-state index contributed by atoms with van der Waals surface area (Å²) in [6.07, 6.45) is 2.55. The van der Waals surface area contributed by atoms with Crippen LogP contribution in [0.5, 0.6) is 0 Å². The summed E-state index contributed by atoms with van der Waals surface area (Å²) < 4.78 is 25.8. The van der Waals surface area contributed by atoms with Gasteiger partial charge >= 0.3 is 0 Å². The molecule has 1 fully saturated rings. The fraction of sp³-hybridized carbons (Fsp3) is 0.538. The van der Waals surface area contributed by atoms with Gasteiger partial charge in [-0.15, -0.1) is 0 Å². The predicted octanol–water partition coefficient (Wildman–Crippen LogP) is 3.41. The third-order valence-corrected chi connectivity index (χ3v) is 3.29. The lowest BCUT2D eigenvalue weighted by Gasteiger charge is -2.20. The van der Waals surface area contributed by atoms with E-state index in [0.29, 0.717) is 6.04 Å². The Morgan fingerprint density at radius 2 is 1.88 bits per heavy atom. The van der Waals surface area contributed by atoms with Crippen molar-refractivity contribution in [3.05, 3.63) is 35.4 Å². The molecular formula is C13H17F2N. The maximum absolute atomic E-state index is 13.0. The molecule has 0 spiro atoms. The zero-order chi connectivity index (χ0) is 11.7. The van der Waals surface area contributed by atoms with Crippen LogP contribution < -0.4 is 5.32 Å². The van der Waals surface area contributed by atoms with Crippen molar-refractivity contribution < 1.29 is 8.78 Å². The number of hydrogen-bond acceptors (Lipinski definition) is 1. The lowest BCUT2D eigenvalue weighted by molar-refractivity contribution is 0.437. The van der Waals surface area contributed by atoms with Gasteiger partial charge in [-0.05, 0) is 50.3 Å². The van der Waals surface area contributed by atoms with E-state index in [1.54, 1.807) is 6.07 Å². The summed E-state index contributed by atoms with van der Waals surface area (Å²) >= 11 is 0. The molecule has 0 bridgehead atoms. The molecule has 16 heavy (non-hydrogen) atoms. The predicted molar refractivity (Wildman–Crippen MR) is 60.1 cm³/mol. The largest absolute Gasteiger partial charge is 0.307 e. The Kier molecular flexibility index (Phi) is 3.24. The van der Waals surface area contributed by atoms with Crippen molar-refractivity contribution >= 4 is 0 Å². The average Bonchev–Trinajstić information content (AvgIpc) is 3.05. The van der Waals surface area contributed by atoms with Crippen molar-refractivity contribution in [3.63, 3.8) is 0 Å². The summed E-state index contributed by atoms with van der Waals surface area (Å²) in [5.74, 6) is -0.802. The van der Waals surface area contributed by atoms with E-state index in [-0.39, 0.29) is 6.04 Å². The molecular weight excluding hydrogens is 208 g/mol. The molecule has 0 aromatic heterocycles. The lowest BCUT2D eigenvalue weighted by Crippen LogP contribution is -2.30. The molecule has 88 valence electrons. The molecule has 0 radical (unpaired) electrons. The molecule has 0 aliphatic heterocycles. The molecule has 1 aliphatic carbocycles. The summed E-state index contributed by atoms with van der Waals surface area (Å²) in [5.41, 5.74) is 0.798. The van der Waals surface area contributed by atoms with Gasteiger partial charge in [0.2, 0.25) is 0 Å². The molecule has 1 N–H and O–H groups in total. The minimum absolute atomic E-state index is 0.0608. The Morgan fingerprint density at radius 1 is 1.19 bits per heavy atom. The summed E-state index contributed by atoms with van der Waals surface area (Å²) in [5, 5.41) is 3.42. The molecule has 1 saturated carbocycles. The fourth-order valence-electron chi connectivity index (χ4n) is 2.00. The first kappa shape index (κ1) is 11.5. The van der Waals surface area contributed by atoms with Gasteiger partial charge in [-0.1, -0.05) is 6.07 Å². The van der Waals surface area contributed by atoms with Crippen LogP contribution in [0.15, 0.2) is 18.2 Å². The Hall–Kier alpha value is -0.960. The van der Waals surface area contributed by atoms with Crippen molar-refractivity contribution in [1.82, 2.24) is 5.32 Å². The van der Waals surface area contributed by atoms with E-state index >= 15 is 0 Å². The summed E-state index contributed by atoms with van der Waals surface area (Å²) in [7, 11) is 0. The van der Waals surface area contributed by atoms with Crippen LogP contribution in [0.25, 0.3) is 0 Å². The molecule has 3 heteroatoms. The quantitative estimate of drug-likeness (QED) is 0.828. The van der Waals surface area contributed by atoms with Crippen LogP contribution in [0.2, 0.25) is 0 Å². The van der Waals surface area contributed by atoms with Gasteiger partial charge < -0.3 is 5.32 Å². The van der Waals surface area contributed by atoms with E-state index in [9.17, 15) is 8.78 Å². The maximum atomic E-state index is 13.0. The van der Waals surface area contributed by atoms with Crippen molar-refractivity contribution in [2.24, 2.45) is 5.92 Å². The summed E-state index contributed by atoms with van der Waals surface area (Å²) in [4.78, 5) is 0. The van der Waals surface area contributed by atoms with E-state index in [1.807, 2.05) is 6.92 Å². The second-order valence-corrected chi connectivity index (χ2v) is 4.69. The van der Waals surface area contributed by atoms with Crippen molar-refractivity contribution in [2.45, 2.75) is 38.8 Å². The highest BCUT2D eigenvalue weighted by Crippen LogP contribution is 2.33. The van der Waals surface area contributed by atoms with Gasteiger partial charge in [-0.25, -0.2) is 8.78 Å². The van der Waals surface area contributed by atoms with Crippen LogP contribution >= 0.6 is 0 Å². The minimum atomic E-state index is -0.786. The van der Waals surface area contributed by atoms with Crippen LogP contribution in [0.4, 0.5) is 8.78 Å². The van der Waals surface area contributed by atoms with Gasteiger partial charge in [-0.2, -0.15) is 0 Å². The van der Waals surface area contributed by atoms with Crippen molar-refractivity contribution in [3.8, 4) is 0 Å². The van der Waals surface area contributed by atoms with Gasteiger partial charge in [0.25, 0.3) is 0 Å². The molecule has 1 nitrogen and oxygen atoms in total. The van der Waals surface area contributed by atoms with Gasteiger partial charge in [0.1, 0.15) is 0 Å². The molecule has 2 unspecified atom stereocenters. The van der Waals surface area contributed by atoms with E-state index in [4.69, 9.17) is 0 Å². The zero-order valence-electron chi connectivity index (χ0n) is 9.63. The second-order valence-electron chi connectivity index (χ2n) is 4.69.